The Labute approximate surface area is 204 Å². The van der Waals surface area contributed by atoms with E-state index in [0.29, 0.717) is 39.3 Å². The Kier molecular flexibility index (Phi) is 8.10. The van der Waals surface area contributed by atoms with Gasteiger partial charge in [-0.3, -0.25) is 9.69 Å². The van der Waals surface area contributed by atoms with Gasteiger partial charge in [0.05, 0.1) is 19.8 Å². The molecule has 1 fully saturated rings. The lowest BCUT2D eigenvalue weighted by Crippen LogP contribution is -2.49. The number of methoxy groups -OCH3 is 1. The van der Waals surface area contributed by atoms with Crippen LogP contribution in [0.15, 0.2) is 66.7 Å². The van der Waals surface area contributed by atoms with E-state index in [1.54, 1.807) is 12.0 Å². The fraction of sp³-hybridized carbons (Fsp3) is 0.321. The summed E-state index contributed by atoms with van der Waals surface area (Å²) in [4.78, 5) is 16.6. The predicted octanol–water partition coefficient (Wildman–Crippen LogP) is 5.00. The van der Waals surface area contributed by atoms with Crippen molar-refractivity contribution in [2.24, 2.45) is 0 Å². The molecule has 1 amide bonds. The highest BCUT2D eigenvalue weighted by Crippen LogP contribution is 2.25. The van der Waals surface area contributed by atoms with Crippen molar-refractivity contribution in [2.45, 2.75) is 19.6 Å². The molecular weight excluding hydrogens is 450 g/mol. The maximum Gasteiger partial charge on any atom is 0.254 e. The monoisotopic (exact) mass is 480 g/mol. The van der Waals surface area contributed by atoms with Crippen molar-refractivity contribution in [3.05, 3.63) is 101 Å². The molecule has 0 aromatic heterocycles. The average molecular weight is 481 g/mol. The van der Waals surface area contributed by atoms with Crippen molar-refractivity contribution < 1.29 is 23.0 Å². The molecule has 0 unspecified atom stereocenters. The third-order valence-electron chi connectivity index (χ3n) is 6.23. The van der Waals surface area contributed by atoms with Gasteiger partial charge in [0.25, 0.3) is 5.91 Å². The van der Waals surface area contributed by atoms with Gasteiger partial charge in [-0.25, -0.2) is 8.78 Å². The van der Waals surface area contributed by atoms with Crippen LogP contribution in [0.2, 0.25) is 0 Å². The molecule has 1 saturated heterocycles. The first-order valence-electron chi connectivity index (χ1n) is 11.7. The summed E-state index contributed by atoms with van der Waals surface area (Å²) >= 11 is 0. The van der Waals surface area contributed by atoms with Crippen LogP contribution >= 0.6 is 0 Å². The number of piperazine rings is 1. The molecule has 1 aliphatic rings. The molecule has 4 rings (SSSR count). The molecule has 0 N–H and O–H groups in total. The second-order valence-corrected chi connectivity index (χ2v) is 8.81. The molecule has 0 radical (unpaired) electrons. The number of amides is 1. The van der Waals surface area contributed by atoms with E-state index >= 15 is 0 Å². The normalized spacial score (nSPS) is 15.1. The molecule has 1 aliphatic heterocycles. The standard InChI is InChI=1S/C28H30F2N2O3/c1-20-6-8-21(9-7-20)19-35-27(22-4-3-5-26(16-22)34-2)18-31-10-12-32(13-11-31)28(33)23-14-24(29)17-25(30)15-23/h3-9,14-17,27H,10-13,18-19H2,1-2H3/t27-/m1/s1. The van der Waals surface area contributed by atoms with Gasteiger partial charge in [-0.15, -0.1) is 0 Å². The lowest BCUT2D eigenvalue weighted by Gasteiger charge is -2.36. The van der Waals surface area contributed by atoms with Gasteiger partial charge in [-0.1, -0.05) is 42.0 Å². The van der Waals surface area contributed by atoms with Gasteiger partial charge in [0.15, 0.2) is 0 Å². The van der Waals surface area contributed by atoms with Crippen molar-refractivity contribution in [3.63, 3.8) is 0 Å². The van der Waals surface area contributed by atoms with Crippen molar-refractivity contribution in [3.8, 4) is 5.75 Å². The van der Waals surface area contributed by atoms with Gasteiger partial charge in [-0.2, -0.15) is 0 Å². The van der Waals surface area contributed by atoms with Crippen LogP contribution in [0, 0.1) is 18.6 Å². The number of hydrogen-bond donors (Lipinski definition) is 0. The third-order valence-corrected chi connectivity index (χ3v) is 6.23. The molecular formula is C28H30F2N2O3. The summed E-state index contributed by atoms with van der Waals surface area (Å²) in [6.45, 7) is 5.40. The van der Waals surface area contributed by atoms with Crippen LogP contribution in [0.3, 0.4) is 0 Å². The van der Waals surface area contributed by atoms with Crippen LogP contribution < -0.4 is 4.74 Å². The largest absolute Gasteiger partial charge is 0.497 e. The Morgan fingerprint density at radius 3 is 2.29 bits per heavy atom. The molecule has 0 spiro atoms. The zero-order chi connectivity index (χ0) is 24.8. The molecule has 35 heavy (non-hydrogen) atoms. The number of rotatable bonds is 8. The first-order valence-corrected chi connectivity index (χ1v) is 11.7. The maximum absolute atomic E-state index is 13.5. The smallest absolute Gasteiger partial charge is 0.254 e. The topological polar surface area (TPSA) is 42.0 Å². The van der Waals surface area contributed by atoms with E-state index in [2.05, 4.69) is 36.1 Å². The van der Waals surface area contributed by atoms with Crippen molar-refractivity contribution in [2.75, 3.05) is 39.8 Å². The number of carbonyl (C=O) groups excluding carboxylic acids is 1. The van der Waals surface area contributed by atoms with Crippen molar-refractivity contribution >= 4 is 5.91 Å². The molecule has 1 heterocycles. The molecule has 3 aromatic carbocycles. The van der Waals surface area contributed by atoms with Gasteiger partial charge in [0.1, 0.15) is 17.4 Å². The summed E-state index contributed by atoms with van der Waals surface area (Å²) in [7, 11) is 1.64. The van der Waals surface area contributed by atoms with Crippen LogP contribution in [0.1, 0.15) is 33.2 Å². The number of carbonyl (C=O) groups is 1. The van der Waals surface area contributed by atoms with Crippen molar-refractivity contribution in [1.29, 1.82) is 0 Å². The highest BCUT2D eigenvalue weighted by molar-refractivity contribution is 5.94. The molecule has 0 aliphatic carbocycles. The quantitative estimate of drug-likeness (QED) is 0.455. The first kappa shape index (κ1) is 24.8. The summed E-state index contributed by atoms with van der Waals surface area (Å²) in [5.41, 5.74) is 3.35. The van der Waals surface area contributed by atoms with Gasteiger partial charge < -0.3 is 14.4 Å². The summed E-state index contributed by atoms with van der Waals surface area (Å²) < 4.78 is 38.9. The highest BCUT2D eigenvalue weighted by Gasteiger charge is 2.25. The molecule has 0 saturated carbocycles. The number of ether oxygens (including phenoxy) is 2. The predicted molar refractivity (Wildman–Crippen MR) is 130 cm³/mol. The molecule has 184 valence electrons. The van der Waals surface area contributed by atoms with Gasteiger partial charge in [0, 0.05) is 44.4 Å². The first-order chi connectivity index (χ1) is 16.9. The Morgan fingerprint density at radius 2 is 1.63 bits per heavy atom. The van der Waals surface area contributed by atoms with Crippen LogP contribution in [0.25, 0.3) is 0 Å². The molecule has 5 nitrogen and oxygen atoms in total. The molecule has 1 atom stereocenters. The van der Waals surface area contributed by atoms with E-state index in [4.69, 9.17) is 9.47 Å². The zero-order valence-electron chi connectivity index (χ0n) is 20.0. The van der Waals surface area contributed by atoms with Crippen molar-refractivity contribution in [1.82, 2.24) is 9.80 Å². The fourth-order valence-electron chi connectivity index (χ4n) is 4.21. The number of benzene rings is 3. The lowest BCUT2D eigenvalue weighted by molar-refractivity contribution is 0.00332. The molecule has 0 bridgehead atoms. The lowest BCUT2D eigenvalue weighted by atomic mass is 10.1. The molecule has 3 aromatic rings. The minimum absolute atomic E-state index is 0.0339. The summed E-state index contributed by atoms with van der Waals surface area (Å²) in [6, 6.07) is 19.1. The number of nitrogens with zero attached hydrogens (tertiary/aromatic N) is 2. The fourth-order valence-corrected chi connectivity index (χ4v) is 4.21. The number of hydrogen-bond acceptors (Lipinski definition) is 4. The van der Waals surface area contributed by atoms with E-state index in [1.165, 1.54) is 5.56 Å². The van der Waals surface area contributed by atoms with Crippen LogP contribution in [0.4, 0.5) is 8.78 Å². The number of aryl methyl sites for hydroxylation is 1. The van der Waals surface area contributed by atoms with Gasteiger partial charge >= 0.3 is 0 Å². The van der Waals surface area contributed by atoms with Crippen LogP contribution in [0.5, 0.6) is 5.75 Å². The minimum atomic E-state index is -0.751. The van der Waals surface area contributed by atoms with Crippen LogP contribution in [-0.4, -0.2) is 55.5 Å². The molecule has 7 heteroatoms. The average Bonchev–Trinajstić information content (AvgIpc) is 2.87. The summed E-state index contributed by atoms with van der Waals surface area (Å²) in [5, 5.41) is 0. The van der Waals surface area contributed by atoms with Gasteiger partial charge in [-0.05, 0) is 42.3 Å². The van der Waals surface area contributed by atoms with E-state index in [1.807, 2.05) is 24.3 Å². The Morgan fingerprint density at radius 1 is 0.943 bits per heavy atom. The minimum Gasteiger partial charge on any atom is -0.497 e. The van der Waals surface area contributed by atoms with E-state index in [-0.39, 0.29) is 17.6 Å². The highest BCUT2D eigenvalue weighted by atomic mass is 19.1. The second-order valence-electron chi connectivity index (χ2n) is 8.81. The zero-order valence-corrected chi connectivity index (χ0v) is 20.0. The van der Waals surface area contributed by atoms with E-state index < -0.39 is 11.6 Å². The van der Waals surface area contributed by atoms with E-state index in [0.717, 1.165) is 35.1 Å². The Hall–Kier alpha value is -3.29. The maximum atomic E-state index is 13.5. The number of halogens is 2. The SMILES string of the molecule is COc1cccc([C@@H](CN2CCN(C(=O)c3cc(F)cc(F)c3)CC2)OCc2ccc(C)cc2)c1. The Balaban J connectivity index is 1.41. The van der Waals surface area contributed by atoms with E-state index in [9.17, 15) is 13.6 Å². The Bertz CT molecular complexity index is 1120. The van der Waals surface area contributed by atoms with Gasteiger partial charge in [0.2, 0.25) is 0 Å². The van der Waals surface area contributed by atoms with Crippen LogP contribution in [-0.2, 0) is 11.3 Å². The third kappa shape index (κ3) is 6.65. The summed E-state index contributed by atoms with van der Waals surface area (Å²) in [5.74, 6) is -1.09. The summed E-state index contributed by atoms with van der Waals surface area (Å²) in [6.07, 6.45) is -0.189. The second kappa shape index (κ2) is 11.4.